The van der Waals surface area contributed by atoms with E-state index in [0.29, 0.717) is 46.5 Å². The van der Waals surface area contributed by atoms with Gasteiger partial charge in [-0.2, -0.15) is 0 Å². The lowest BCUT2D eigenvalue weighted by Gasteiger charge is -2.35. The molecule has 218 valence electrons. The van der Waals surface area contributed by atoms with E-state index in [9.17, 15) is 19.8 Å². The second kappa shape index (κ2) is 13.2. The van der Waals surface area contributed by atoms with Gasteiger partial charge in [0.15, 0.2) is 0 Å². The molecule has 1 heterocycles. The van der Waals surface area contributed by atoms with Crippen molar-refractivity contribution in [1.82, 2.24) is 15.2 Å². The van der Waals surface area contributed by atoms with Crippen LogP contribution in [0.25, 0.3) is 22.4 Å². The van der Waals surface area contributed by atoms with Crippen molar-refractivity contribution in [2.24, 2.45) is 0 Å². The highest BCUT2D eigenvalue weighted by Crippen LogP contribution is 2.38. The lowest BCUT2D eigenvalue weighted by atomic mass is 9.80. The fourth-order valence-corrected chi connectivity index (χ4v) is 5.34. The molecule has 3 aromatic rings. The molecule has 0 radical (unpaired) electrons. The number of nitrogens with one attached hydrogen (secondary N) is 1. The van der Waals surface area contributed by atoms with Crippen LogP contribution in [0.4, 0.5) is 0 Å². The molecule has 1 aromatic heterocycles. The smallest absolute Gasteiger partial charge is 0.329 e. The number of aromatic nitrogens is 1. The van der Waals surface area contributed by atoms with Crippen LogP contribution in [0.1, 0.15) is 48.2 Å². The van der Waals surface area contributed by atoms with Crippen molar-refractivity contribution in [3.63, 3.8) is 0 Å². The van der Waals surface area contributed by atoms with E-state index in [1.807, 2.05) is 45.3 Å². The molecule has 4 rings (SSSR count). The first-order chi connectivity index (χ1) is 19.5. The van der Waals surface area contributed by atoms with E-state index in [1.54, 1.807) is 24.3 Å². The monoisotopic (exact) mass is 599 g/mol. The number of hydrogen-bond donors (Lipinski definition) is 3. The summed E-state index contributed by atoms with van der Waals surface area (Å²) in [6, 6.07) is 14.3. The predicted molar refractivity (Wildman–Crippen MR) is 161 cm³/mol. The zero-order valence-corrected chi connectivity index (χ0v) is 24.9. The number of amides is 1. The normalized spacial score (nSPS) is 18.8. The number of aliphatic hydroxyl groups is 1. The number of rotatable bonds is 10. The van der Waals surface area contributed by atoms with Crippen molar-refractivity contribution < 1.29 is 24.5 Å². The number of carbonyl (C=O) groups is 2. The number of carboxylic acids is 1. The van der Waals surface area contributed by atoms with E-state index >= 15 is 0 Å². The molecule has 1 saturated carbocycles. The number of hydrogen-bond acceptors (Lipinski definition) is 6. The second-order valence-corrected chi connectivity index (χ2v) is 11.6. The van der Waals surface area contributed by atoms with E-state index in [0.717, 1.165) is 29.7 Å². The lowest BCUT2D eigenvalue weighted by molar-refractivity contribution is -0.146. The number of nitrogens with zero attached hydrogens (tertiary/aromatic N) is 2. The van der Waals surface area contributed by atoms with Crippen molar-refractivity contribution >= 4 is 35.1 Å². The average Bonchev–Trinajstić information content (AvgIpc) is 2.94. The minimum absolute atomic E-state index is 0.0681. The Kier molecular flexibility index (Phi) is 9.92. The Labute approximate surface area is 250 Å². The largest absolute Gasteiger partial charge is 0.492 e. The number of aliphatic carboxylic acids is 1. The molecular weight excluding hydrogens is 565 g/mol. The molecule has 8 nitrogen and oxygen atoms in total. The molecular formula is C31H35Cl2N3O5. The van der Waals surface area contributed by atoms with Gasteiger partial charge in [0.1, 0.15) is 17.0 Å². The number of aliphatic hydroxyl groups excluding tert-OH is 1. The van der Waals surface area contributed by atoms with Gasteiger partial charge in [0.2, 0.25) is 0 Å². The SMILES string of the molecule is Cc1ccc(Cl)cc1-c1ccc(C(=O)NC2(C(=O)O)CCC(O)CC2)nc1-c1ccc(Cl)c(OCCCN(C)C)c1. The highest BCUT2D eigenvalue weighted by molar-refractivity contribution is 6.32. The molecule has 10 heteroatoms. The first-order valence-electron chi connectivity index (χ1n) is 13.6. The Morgan fingerprint density at radius 1 is 1.07 bits per heavy atom. The molecule has 0 bridgehead atoms. The Morgan fingerprint density at radius 2 is 1.80 bits per heavy atom. The number of aryl methyl sites for hydroxylation is 1. The summed E-state index contributed by atoms with van der Waals surface area (Å²) in [5, 5.41) is 23.6. The Morgan fingerprint density at radius 3 is 2.49 bits per heavy atom. The van der Waals surface area contributed by atoms with Crippen LogP contribution in [0.15, 0.2) is 48.5 Å². The van der Waals surface area contributed by atoms with Crippen LogP contribution in [-0.4, -0.2) is 70.9 Å². The maximum atomic E-state index is 13.4. The van der Waals surface area contributed by atoms with Gasteiger partial charge in [-0.1, -0.05) is 35.3 Å². The van der Waals surface area contributed by atoms with E-state index in [-0.39, 0.29) is 18.5 Å². The van der Waals surface area contributed by atoms with E-state index in [2.05, 4.69) is 10.2 Å². The first-order valence-corrected chi connectivity index (χ1v) is 14.3. The van der Waals surface area contributed by atoms with Gasteiger partial charge in [0.05, 0.1) is 23.4 Å². The van der Waals surface area contributed by atoms with Crippen LogP contribution < -0.4 is 10.1 Å². The third-order valence-electron chi connectivity index (χ3n) is 7.40. The first kappa shape index (κ1) is 30.8. The summed E-state index contributed by atoms with van der Waals surface area (Å²) < 4.78 is 5.99. The molecule has 0 spiro atoms. The third kappa shape index (κ3) is 7.38. The number of ether oxygens (including phenoxy) is 1. The Balaban J connectivity index is 1.74. The van der Waals surface area contributed by atoms with Crippen molar-refractivity contribution in [3.05, 3.63) is 69.8 Å². The molecule has 2 aromatic carbocycles. The quantitative estimate of drug-likeness (QED) is 0.251. The summed E-state index contributed by atoms with van der Waals surface area (Å²) in [5.41, 5.74) is 2.34. The molecule has 1 aliphatic rings. The predicted octanol–water partition coefficient (Wildman–Crippen LogP) is 5.85. The van der Waals surface area contributed by atoms with Gasteiger partial charge in [-0.25, -0.2) is 9.78 Å². The van der Waals surface area contributed by atoms with Crippen LogP contribution in [0.3, 0.4) is 0 Å². The molecule has 0 unspecified atom stereocenters. The third-order valence-corrected chi connectivity index (χ3v) is 7.95. The maximum absolute atomic E-state index is 13.4. The van der Waals surface area contributed by atoms with Crippen LogP contribution >= 0.6 is 23.2 Å². The van der Waals surface area contributed by atoms with E-state index < -0.39 is 23.5 Å². The summed E-state index contributed by atoms with van der Waals surface area (Å²) in [6.45, 7) is 3.31. The van der Waals surface area contributed by atoms with Gasteiger partial charge < -0.3 is 25.2 Å². The summed E-state index contributed by atoms with van der Waals surface area (Å²) in [4.78, 5) is 32.5. The maximum Gasteiger partial charge on any atom is 0.329 e. The topological polar surface area (TPSA) is 112 Å². The minimum Gasteiger partial charge on any atom is -0.492 e. The Hall–Kier alpha value is -3.17. The van der Waals surface area contributed by atoms with Gasteiger partial charge in [-0.05, 0) is 101 Å². The van der Waals surface area contributed by atoms with Gasteiger partial charge in [-0.15, -0.1) is 0 Å². The van der Waals surface area contributed by atoms with Crippen molar-refractivity contribution in [1.29, 1.82) is 0 Å². The molecule has 3 N–H and O–H groups in total. The molecule has 0 saturated heterocycles. The molecule has 1 fully saturated rings. The van der Waals surface area contributed by atoms with Crippen LogP contribution in [-0.2, 0) is 4.79 Å². The summed E-state index contributed by atoms with van der Waals surface area (Å²) in [6.07, 6.45) is 1.09. The van der Waals surface area contributed by atoms with E-state index in [4.69, 9.17) is 32.9 Å². The van der Waals surface area contributed by atoms with Gasteiger partial charge in [0, 0.05) is 22.7 Å². The van der Waals surface area contributed by atoms with Gasteiger partial charge >= 0.3 is 5.97 Å². The fourth-order valence-electron chi connectivity index (χ4n) is 5.00. The average molecular weight is 601 g/mol. The summed E-state index contributed by atoms with van der Waals surface area (Å²) in [7, 11) is 4.00. The van der Waals surface area contributed by atoms with E-state index in [1.165, 1.54) is 0 Å². The molecule has 1 aliphatic carbocycles. The van der Waals surface area contributed by atoms with Crippen molar-refractivity contribution in [2.75, 3.05) is 27.2 Å². The van der Waals surface area contributed by atoms with Crippen molar-refractivity contribution in [3.8, 4) is 28.1 Å². The number of halogens is 2. The minimum atomic E-state index is -1.46. The number of carboxylic acid groups (broad SMARTS) is 1. The molecule has 0 aliphatic heterocycles. The highest BCUT2D eigenvalue weighted by atomic mass is 35.5. The highest BCUT2D eigenvalue weighted by Gasteiger charge is 2.43. The van der Waals surface area contributed by atoms with Crippen LogP contribution in [0, 0.1) is 6.92 Å². The second-order valence-electron chi connectivity index (χ2n) is 10.8. The fraction of sp³-hybridized carbons (Fsp3) is 0.387. The van der Waals surface area contributed by atoms with Crippen LogP contribution in [0.5, 0.6) is 5.75 Å². The lowest BCUT2D eigenvalue weighted by Crippen LogP contribution is -2.57. The summed E-state index contributed by atoms with van der Waals surface area (Å²) >= 11 is 12.8. The number of carbonyl (C=O) groups excluding carboxylic acids is 1. The number of benzene rings is 2. The standard InChI is InChI=1S/C31H35Cl2N3O5/c1-19-5-7-21(32)18-24(19)23-8-10-26(29(38)35-31(30(39)40)13-11-22(37)12-14-31)34-28(23)20-6-9-25(33)27(17-20)41-16-4-15-36(2)3/h5-10,17-18,22,37H,4,11-16H2,1-3H3,(H,35,38)(H,39,40). The van der Waals surface area contributed by atoms with Gasteiger partial charge in [-0.3, -0.25) is 4.79 Å². The molecule has 1 amide bonds. The van der Waals surface area contributed by atoms with Crippen LogP contribution in [0.2, 0.25) is 10.0 Å². The Bertz CT molecular complexity index is 1420. The zero-order chi connectivity index (χ0) is 29.7. The molecule has 0 atom stereocenters. The summed E-state index contributed by atoms with van der Waals surface area (Å²) in [5.74, 6) is -1.23. The zero-order valence-electron chi connectivity index (χ0n) is 23.4. The van der Waals surface area contributed by atoms with Crippen molar-refractivity contribution in [2.45, 2.75) is 50.7 Å². The van der Waals surface area contributed by atoms with Gasteiger partial charge in [0.25, 0.3) is 5.91 Å². The molecule has 41 heavy (non-hydrogen) atoms. The number of pyridine rings is 1.